The minimum Gasteiger partial charge on any atom is -0.469 e. The highest BCUT2D eigenvalue weighted by molar-refractivity contribution is 5.96. The van der Waals surface area contributed by atoms with Crippen molar-refractivity contribution in [2.45, 2.75) is 31.5 Å². The van der Waals surface area contributed by atoms with Crippen LogP contribution in [0.4, 0.5) is 4.39 Å². The van der Waals surface area contributed by atoms with E-state index in [1.165, 1.54) is 31.4 Å². The first kappa shape index (κ1) is 16.6. The number of rotatable bonds is 7. The molecule has 0 atom stereocenters. The van der Waals surface area contributed by atoms with Crippen LogP contribution in [-0.2, 0) is 19.0 Å². The van der Waals surface area contributed by atoms with Gasteiger partial charge >= 0.3 is 5.97 Å². The molecule has 1 aliphatic heterocycles. The fraction of sp³-hybridized carbons (Fsp3) is 0.500. The van der Waals surface area contributed by atoms with Crippen LogP contribution in [-0.4, -0.2) is 37.9 Å². The number of esters is 1. The van der Waals surface area contributed by atoms with Crippen LogP contribution in [0.3, 0.4) is 0 Å². The van der Waals surface area contributed by atoms with Gasteiger partial charge in [0.1, 0.15) is 5.82 Å². The Hall–Kier alpha value is -1.79. The van der Waals surface area contributed by atoms with E-state index in [2.05, 4.69) is 4.74 Å². The summed E-state index contributed by atoms with van der Waals surface area (Å²) in [5, 5.41) is 0. The number of benzene rings is 1. The Kier molecular flexibility index (Phi) is 5.63. The van der Waals surface area contributed by atoms with Gasteiger partial charge in [0, 0.05) is 24.8 Å². The van der Waals surface area contributed by atoms with Crippen LogP contribution in [0.2, 0.25) is 0 Å². The summed E-state index contributed by atoms with van der Waals surface area (Å²) in [6.45, 7) is 0.873. The molecule has 0 spiro atoms. The maximum Gasteiger partial charge on any atom is 0.305 e. The van der Waals surface area contributed by atoms with Gasteiger partial charge in [-0.15, -0.1) is 0 Å². The lowest BCUT2D eigenvalue weighted by molar-refractivity contribution is -0.172. The number of carbonyl (C=O) groups is 2. The molecule has 2 rings (SSSR count). The summed E-state index contributed by atoms with van der Waals surface area (Å²) < 4.78 is 28.7. The fourth-order valence-electron chi connectivity index (χ4n) is 2.39. The molecule has 0 radical (unpaired) electrons. The van der Waals surface area contributed by atoms with Gasteiger partial charge in [0.25, 0.3) is 0 Å². The van der Waals surface area contributed by atoms with Gasteiger partial charge in [0.15, 0.2) is 11.6 Å². The first-order valence-electron chi connectivity index (χ1n) is 7.18. The lowest BCUT2D eigenvalue weighted by atomic mass is 9.99. The molecule has 0 saturated carbocycles. The van der Waals surface area contributed by atoms with Crippen molar-refractivity contribution in [1.29, 1.82) is 0 Å². The van der Waals surface area contributed by atoms with Crippen LogP contribution in [0.25, 0.3) is 0 Å². The molecule has 120 valence electrons. The van der Waals surface area contributed by atoms with E-state index in [9.17, 15) is 14.0 Å². The zero-order valence-electron chi connectivity index (χ0n) is 12.5. The first-order chi connectivity index (χ1) is 10.5. The van der Waals surface area contributed by atoms with Crippen molar-refractivity contribution in [3.8, 4) is 0 Å². The van der Waals surface area contributed by atoms with Crippen LogP contribution in [0.15, 0.2) is 24.3 Å². The number of carbonyl (C=O) groups excluding carboxylic acids is 2. The predicted molar refractivity (Wildman–Crippen MR) is 75.8 cm³/mol. The Morgan fingerprint density at radius 2 is 1.73 bits per heavy atom. The van der Waals surface area contributed by atoms with Gasteiger partial charge in [0.05, 0.1) is 26.7 Å². The molecule has 0 unspecified atom stereocenters. The minimum absolute atomic E-state index is 0.114. The zero-order valence-corrected chi connectivity index (χ0v) is 12.5. The molecule has 1 aliphatic rings. The van der Waals surface area contributed by atoms with Crippen molar-refractivity contribution in [2.75, 3.05) is 20.3 Å². The summed E-state index contributed by atoms with van der Waals surface area (Å²) in [5.74, 6) is -1.75. The van der Waals surface area contributed by atoms with Crippen LogP contribution < -0.4 is 0 Å². The molecule has 0 bridgehead atoms. The van der Waals surface area contributed by atoms with Gasteiger partial charge in [-0.05, 0) is 24.3 Å². The van der Waals surface area contributed by atoms with Gasteiger partial charge in [-0.25, -0.2) is 4.39 Å². The molecule has 22 heavy (non-hydrogen) atoms. The third-order valence-electron chi connectivity index (χ3n) is 3.65. The number of hydrogen-bond acceptors (Lipinski definition) is 5. The number of Topliss-reactive ketones (excluding diaryl/α,β-unsaturated/α-hetero) is 1. The largest absolute Gasteiger partial charge is 0.469 e. The maximum atomic E-state index is 12.9. The summed E-state index contributed by atoms with van der Waals surface area (Å²) in [7, 11) is 1.32. The SMILES string of the molecule is COC(=O)CCC1(CCC(=O)c2ccc(F)cc2)OCCO1. The van der Waals surface area contributed by atoms with Crippen molar-refractivity contribution in [3.63, 3.8) is 0 Å². The Balaban J connectivity index is 1.92. The molecule has 1 saturated heterocycles. The molecule has 0 aromatic heterocycles. The molecule has 0 aliphatic carbocycles. The van der Waals surface area contributed by atoms with Gasteiger partial charge < -0.3 is 14.2 Å². The second kappa shape index (κ2) is 7.47. The Morgan fingerprint density at radius 1 is 1.14 bits per heavy atom. The molecule has 1 fully saturated rings. The van der Waals surface area contributed by atoms with E-state index in [1.807, 2.05) is 0 Å². The third-order valence-corrected chi connectivity index (χ3v) is 3.65. The standard InChI is InChI=1S/C16H19FO5/c1-20-15(19)7-9-16(21-10-11-22-16)8-6-14(18)12-2-4-13(17)5-3-12/h2-5H,6-11H2,1H3. The van der Waals surface area contributed by atoms with E-state index >= 15 is 0 Å². The van der Waals surface area contributed by atoms with Crippen LogP contribution in [0, 0.1) is 5.82 Å². The first-order valence-corrected chi connectivity index (χ1v) is 7.18. The molecular weight excluding hydrogens is 291 g/mol. The third kappa shape index (κ3) is 4.35. The molecule has 0 amide bonds. The van der Waals surface area contributed by atoms with E-state index in [0.717, 1.165) is 0 Å². The highest BCUT2D eigenvalue weighted by atomic mass is 19.1. The second-order valence-electron chi connectivity index (χ2n) is 5.11. The van der Waals surface area contributed by atoms with Crippen LogP contribution in [0.1, 0.15) is 36.0 Å². The van der Waals surface area contributed by atoms with E-state index in [0.29, 0.717) is 31.6 Å². The summed E-state index contributed by atoms with van der Waals surface area (Å²) >= 11 is 0. The quantitative estimate of drug-likeness (QED) is 0.572. The Morgan fingerprint density at radius 3 is 2.32 bits per heavy atom. The summed E-state index contributed by atoms with van der Waals surface area (Å²) in [5.41, 5.74) is 0.447. The molecule has 1 heterocycles. The second-order valence-corrected chi connectivity index (χ2v) is 5.11. The van der Waals surface area contributed by atoms with E-state index in [-0.39, 0.29) is 30.4 Å². The topological polar surface area (TPSA) is 61.8 Å². The number of ether oxygens (including phenoxy) is 3. The summed E-state index contributed by atoms with van der Waals surface area (Å²) in [6.07, 6.45) is 1.06. The zero-order chi connectivity index (χ0) is 16.0. The average Bonchev–Trinajstić information content (AvgIpc) is 3.00. The van der Waals surface area contributed by atoms with Crippen molar-refractivity contribution in [3.05, 3.63) is 35.6 Å². The van der Waals surface area contributed by atoms with Crippen LogP contribution in [0.5, 0.6) is 0 Å². The number of methoxy groups -OCH3 is 1. The molecule has 6 heteroatoms. The smallest absolute Gasteiger partial charge is 0.305 e. The number of hydrogen-bond donors (Lipinski definition) is 0. The normalized spacial score (nSPS) is 16.5. The fourth-order valence-corrected chi connectivity index (χ4v) is 2.39. The van der Waals surface area contributed by atoms with E-state index in [4.69, 9.17) is 9.47 Å². The van der Waals surface area contributed by atoms with E-state index in [1.54, 1.807) is 0 Å². The molecule has 0 N–H and O–H groups in total. The maximum absolute atomic E-state index is 12.9. The van der Waals surface area contributed by atoms with Crippen molar-refractivity contribution >= 4 is 11.8 Å². The lowest BCUT2D eigenvalue weighted by Crippen LogP contribution is -2.32. The van der Waals surface area contributed by atoms with Gasteiger partial charge in [0.2, 0.25) is 0 Å². The number of halogens is 1. The lowest BCUT2D eigenvalue weighted by Gasteiger charge is -2.26. The van der Waals surface area contributed by atoms with Crippen molar-refractivity contribution in [1.82, 2.24) is 0 Å². The molecular formula is C16H19FO5. The highest BCUT2D eigenvalue weighted by Gasteiger charge is 2.37. The number of ketones is 1. The Labute approximate surface area is 128 Å². The van der Waals surface area contributed by atoms with Crippen molar-refractivity contribution in [2.24, 2.45) is 0 Å². The monoisotopic (exact) mass is 310 g/mol. The Bertz CT molecular complexity index is 520. The van der Waals surface area contributed by atoms with E-state index < -0.39 is 5.79 Å². The minimum atomic E-state index is -0.913. The average molecular weight is 310 g/mol. The summed E-state index contributed by atoms with van der Waals surface area (Å²) in [4.78, 5) is 23.4. The van der Waals surface area contributed by atoms with Gasteiger partial charge in [-0.3, -0.25) is 9.59 Å². The molecule has 1 aromatic rings. The molecule has 5 nitrogen and oxygen atoms in total. The van der Waals surface area contributed by atoms with Gasteiger partial charge in [-0.1, -0.05) is 0 Å². The van der Waals surface area contributed by atoms with Crippen LogP contribution >= 0.6 is 0 Å². The summed E-state index contributed by atoms with van der Waals surface area (Å²) in [6, 6.07) is 5.41. The van der Waals surface area contributed by atoms with Gasteiger partial charge in [-0.2, -0.15) is 0 Å². The predicted octanol–water partition coefficient (Wildman–Crippen LogP) is 2.48. The van der Waals surface area contributed by atoms with Crippen molar-refractivity contribution < 1.29 is 28.2 Å². The molecule has 1 aromatic carbocycles. The highest BCUT2D eigenvalue weighted by Crippen LogP contribution is 2.30.